The predicted molar refractivity (Wildman–Crippen MR) is 433 cm³/mol. The van der Waals surface area contributed by atoms with E-state index in [1.54, 1.807) is 57.5 Å². The lowest BCUT2D eigenvalue weighted by atomic mass is 9.69. The Kier molecular flexibility index (Phi) is 25.3. The number of fused-ring (bicyclic) bond motifs is 1. The molecule has 0 radical (unpaired) electrons. The van der Waals surface area contributed by atoms with Crippen molar-refractivity contribution >= 4 is 57.9 Å². The quantitative estimate of drug-likeness (QED) is 0.0367. The van der Waals surface area contributed by atoms with Crippen LogP contribution in [-0.2, 0) is 42.1 Å². The number of nitrogens with zero attached hydrogens (tertiary/aromatic N) is 15. The zero-order valence-electron chi connectivity index (χ0n) is 65.8. The van der Waals surface area contributed by atoms with E-state index in [1.165, 1.54) is 34.6 Å². The fourth-order valence-corrected chi connectivity index (χ4v) is 17.1. The molecule has 0 atom stereocenters. The Bertz CT molecular complexity index is 4540. The number of nitrogens with one attached hydrogen (secondary N) is 4. The van der Waals surface area contributed by atoms with Crippen LogP contribution in [0.15, 0.2) is 189 Å². The van der Waals surface area contributed by atoms with Crippen LogP contribution in [0.2, 0.25) is 0 Å². The van der Waals surface area contributed by atoms with Crippen molar-refractivity contribution < 1.29 is 38.1 Å². The highest BCUT2D eigenvalue weighted by Gasteiger charge is 2.54. The molecule has 3 saturated carbocycles. The Labute approximate surface area is 656 Å². The van der Waals surface area contributed by atoms with Crippen LogP contribution in [0.1, 0.15) is 110 Å². The van der Waals surface area contributed by atoms with Crippen LogP contribution in [0.5, 0.6) is 0 Å². The van der Waals surface area contributed by atoms with E-state index in [9.17, 15) is 19.2 Å². The lowest BCUT2D eigenvalue weighted by Gasteiger charge is -2.48. The fraction of sp³-hybridized carbons (Fsp3) is 0.447. The van der Waals surface area contributed by atoms with Crippen LogP contribution >= 0.6 is 0 Å². The number of ether oxygens (including phenoxy) is 4. The molecule has 4 N–H and O–H groups in total. The number of carbonyl (C=O) groups excluding carboxylic acids is 4. The first-order valence-corrected chi connectivity index (χ1v) is 38.9. The molecule has 9 aromatic rings. The first-order valence-electron chi connectivity index (χ1n) is 38.9. The highest BCUT2D eigenvalue weighted by molar-refractivity contribution is 5.97. The van der Waals surface area contributed by atoms with Gasteiger partial charge < -0.3 is 45.1 Å². The number of aromatic nitrogens is 8. The van der Waals surface area contributed by atoms with Gasteiger partial charge in [-0.1, -0.05) is 140 Å². The maximum atomic E-state index is 13.0. The van der Waals surface area contributed by atoms with Gasteiger partial charge in [-0.05, 0) is 148 Å². The van der Waals surface area contributed by atoms with E-state index in [0.29, 0.717) is 95.7 Å². The molecular formula is C85H107N19O8. The summed E-state index contributed by atoms with van der Waals surface area (Å²) >= 11 is 0. The Morgan fingerprint density at radius 2 is 0.786 bits per heavy atom. The number of hydrogen-bond donors (Lipinski definition) is 4. The maximum absolute atomic E-state index is 13.0. The van der Waals surface area contributed by atoms with Crippen molar-refractivity contribution in [2.75, 3.05) is 148 Å². The third-order valence-corrected chi connectivity index (χ3v) is 23.8. The zero-order valence-corrected chi connectivity index (χ0v) is 65.8. The molecule has 27 nitrogen and oxygen atoms in total. The highest BCUT2D eigenvalue weighted by atomic mass is 16.6. The van der Waals surface area contributed by atoms with Crippen molar-refractivity contribution in [3.05, 3.63) is 217 Å². The van der Waals surface area contributed by atoms with E-state index in [4.69, 9.17) is 18.9 Å². The minimum atomic E-state index is -0.398. The first-order chi connectivity index (χ1) is 54.3. The lowest BCUT2D eigenvalue weighted by Crippen LogP contribution is -2.54. The minimum Gasteiger partial charge on any atom is -0.382 e. The summed E-state index contributed by atoms with van der Waals surface area (Å²) in [6.07, 6.45) is 23.1. The van der Waals surface area contributed by atoms with Crippen molar-refractivity contribution in [1.29, 1.82) is 0 Å². The van der Waals surface area contributed by atoms with Gasteiger partial charge in [0.25, 0.3) is 11.9 Å². The van der Waals surface area contributed by atoms with E-state index < -0.39 is 5.91 Å². The summed E-state index contributed by atoms with van der Waals surface area (Å²) in [6.45, 7) is 6.16. The molecule has 590 valence electrons. The summed E-state index contributed by atoms with van der Waals surface area (Å²) < 4.78 is 22.8. The number of benzene rings is 5. The summed E-state index contributed by atoms with van der Waals surface area (Å²) in [4.78, 5) is 92.4. The third-order valence-electron chi connectivity index (χ3n) is 23.8. The van der Waals surface area contributed by atoms with Crippen LogP contribution in [0.3, 0.4) is 0 Å². The van der Waals surface area contributed by atoms with Gasteiger partial charge in [-0.2, -0.15) is 9.78 Å². The average Bonchev–Trinajstić information content (AvgIpc) is 1.53. The Morgan fingerprint density at radius 1 is 0.429 bits per heavy atom. The van der Waals surface area contributed by atoms with Gasteiger partial charge >= 0.3 is 18.1 Å². The molecule has 3 spiro atoms. The number of amides is 7. The molecule has 6 aliphatic rings. The number of para-hydroxylation sites is 1. The van der Waals surface area contributed by atoms with Gasteiger partial charge in [0, 0.05) is 49.2 Å². The minimum absolute atomic E-state index is 0.00124. The topological polar surface area (TPSA) is 271 Å². The average molecular weight is 1520 g/mol. The van der Waals surface area contributed by atoms with E-state index in [-0.39, 0.29) is 57.2 Å². The summed E-state index contributed by atoms with van der Waals surface area (Å²) in [5, 5.41) is 18.1. The van der Waals surface area contributed by atoms with Crippen LogP contribution in [0.4, 0.5) is 37.4 Å². The van der Waals surface area contributed by atoms with Gasteiger partial charge in [0.05, 0.1) is 148 Å². The van der Waals surface area contributed by atoms with Crippen molar-refractivity contribution in [1.82, 2.24) is 75.7 Å². The second kappa shape index (κ2) is 35.5. The molecule has 6 fully saturated rings. The molecule has 3 aliphatic carbocycles. The number of urea groups is 3. The van der Waals surface area contributed by atoms with Gasteiger partial charge in [-0.25, -0.2) is 44.3 Å². The van der Waals surface area contributed by atoms with E-state index in [2.05, 4.69) is 210 Å². The fourth-order valence-electron chi connectivity index (χ4n) is 17.1. The number of anilines is 4. The third kappa shape index (κ3) is 17.7. The maximum Gasteiger partial charge on any atom is 0.322 e. The molecule has 4 aromatic heterocycles. The van der Waals surface area contributed by atoms with Gasteiger partial charge in [0.2, 0.25) is 11.8 Å². The van der Waals surface area contributed by atoms with Gasteiger partial charge in [-0.15, -0.1) is 0 Å². The summed E-state index contributed by atoms with van der Waals surface area (Å²) in [5.41, 5.74) is 7.35. The number of hydrogen-bond acceptors (Lipinski definition) is 19. The van der Waals surface area contributed by atoms with Gasteiger partial charge in [0.1, 0.15) is 0 Å². The summed E-state index contributed by atoms with van der Waals surface area (Å²) in [7, 11) is 16.5. The Balaban J connectivity index is 0.000000148. The number of rotatable bonds is 26. The number of carbonyl (C=O) groups is 4. The molecule has 3 aliphatic heterocycles. The standard InChI is InChI=1S/C30H44N6O6.C28H34N6O.C27H29N7O/c1-35(2)30(24-7-5-4-6-8-24)11-9-29(10-12-30)23-36(28(38)34-29)25-21-32-26(33-22-25)27(37)31-13-14-40-17-18-42-20-19-41-16-15-39-3;1-32(2)28(23-12-8-5-9-13-23)16-14-27(15-17-28)21-34(26(35)31-27)24-18-29-25(30-19-24)33(3)20-22-10-6-4-7-11-22;1-32(2)27(21-9-4-3-5-10-21)14-12-26(13-15-27)19-33(25(35)31-26)22-17-28-24(29-18-22)34-23-11-7-6-8-20(23)16-30-34/h4-8,21-22H,9-20,23H2,1-3H3,(H,31,37)(H,34,38);4-13,18-19H,14-17,20-21H2,1-3H3,(H,31,35);3-11,16-18H,12-15,19H2,1-2H3,(H,31,35). The second-order valence-electron chi connectivity index (χ2n) is 31.1. The largest absolute Gasteiger partial charge is 0.382 e. The molecule has 3 saturated heterocycles. The van der Waals surface area contributed by atoms with E-state index >= 15 is 0 Å². The molecule has 0 bridgehead atoms. The van der Waals surface area contributed by atoms with Crippen LogP contribution in [-0.4, -0.2) is 224 Å². The highest BCUT2D eigenvalue weighted by Crippen LogP contribution is 2.50. The van der Waals surface area contributed by atoms with Crippen molar-refractivity contribution in [3.8, 4) is 5.95 Å². The van der Waals surface area contributed by atoms with Crippen molar-refractivity contribution in [2.45, 2.75) is 117 Å². The summed E-state index contributed by atoms with van der Waals surface area (Å²) in [5.74, 6) is 0.773. The predicted octanol–water partition coefficient (Wildman–Crippen LogP) is 10.7. The molecular weight excluding hydrogens is 1420 g/mol. The van der Waals surface area contributed by atoms with Crippen molar-refractivity contribution in [2.24, 2.45) is 0 Å². The number of methoxy groups -OCH3 is 1. The van der Waals surface area contributed by atoms with Gasteiger partial charge in [-0.3, -0.25) is 34.2 Å². The monoisotopic (exact) mass is 1520 g/mol. The van der Waals surface area contributed by atoms with E-state index in [0.717, 1.165) is 100 Å². The van der Waals surface area contributed by atoms with Crippen LogP contribution < -0.4 is 40.9 Å². The SMILES string of the molecule is CN(C)C1(c2ccccc2)CCC2(CC1)CN(c1cnc(-n3ncc4ccccc43)nc1)C(=O)N2.CN(Cc1ccccc1)c1ncc(N2CC3(CCC(c4ccccc4)(N(C)C)CC3)NC2=O)cn1.COCCOCCOCCOCCNC(=O)c1ncc(N2CC3(CCC(c4ccccc4)(N(C)C)CC3)NC2=O)cn1. The molecule has 27 heteroatoms. The first kappa shape index (κ1) is 79.7. The molecule has 112 heavy (non-hydrogen) atoms. The van der Waals surface area contributed by atoms with E-state index in [1.807, 2.05) is 60.5 Å². The smallest absolute Gasteiger partial charge is 0.322 e. The van der Waals surface area contributed by atoms with Crippen molar-refractivity contribution in [3.63, 3.8) is 0 Å². The molecule has 5 aromatic carbocycles. The normalized spacial score (nSPS) is 23.5. The molecule has 15 rings (SSSR count). The molecule has 7 heterocycles. The zero-order chi connectivity index (χ0) is 78.4. The van der Waals surface area contributed by atoms with Crippen LogP contribution in [0.25, 0.3) is 16.9 Å². The molecule has 7 amide bonds. The second-order valence-corrected chi connectivity index (χ2v) is 31.1. The van der Waals surface area contributed by atoms with Gasteiger partial charge in [0.15, 0.2) is 0 Å². The lowest BCUT2D eigenvalue weighted by molar-refractivity contribution is 0.00414. The van der Waals surface area contributed by atoms with Crippen LogP contribution in [0, 0.1) is 0 Å². The summed E-state index contributed by atoms with van der Waals surface area (Å²) in [6, 6.07) is 50.0. The Hall–Kier alpha value is -10.4. The molecule has 0 unspecified atom stereocenters. The Morgan fingerprint density at radius 3 is 1.19 bits per heavy atom.